The lowest BCUT2D eigenvalue weighted by Crippen LogP contribution is -2.49. The standard InChI is InChI=1S/C23H31N3O5/c1-4-30-21(27)17-10-12-26(13-11-17)14-18-19(22(28)31-5-2)20(25-23(29)24-18)16-8-6-15(3)7-9-16/h6-9,17,20H,4-5,10-14H2,1-3H3,(H2,24,25,29)/t20-/m1/s1. The number of aryl methyl sites for hydroxylation is 1. The van der Waals surface area contributed by atoms with Crippen molar-refractivity contribution < 1.29 is 23.9 Å². The summed E-state index contributed by atoms with van der Waals surface area (Å²) in [4.78, 5) is 39.4. The van der Waals surface area contributed by atoms with Crippen LogP contribution >= 0.6 is 0 Å². The Morgan fingerprint density at radius 3 is 2.32 bits per heavy atom. The number of nitrogens with one attached hydrogen (secondary N) is 2. The Labute approximate surface area is 183 Å². The van der Waals surface area contributed by atoms with Crippen LogP contribution in [0.2, 0.25) is 0 Å². The van der Waals surface area contributed by atoms with E-state index in [4.69, 9.17) is 9.47 Å². The predicted molar refractivity (Wildman–Crippen MR) is 115 cm³/mol. The van der Waals surface area contributed by atoms with E-state index in [0.717, 1.165) is 11.1 Å². The van der Waals surface area contributed by atoms with Crippen LogP contribution in [0, 0.1) is 12.8 Å². The number of amides is 2. The Morgan fingerprint density at radius 2 is 1.71 bits per heavy atom. The summed E-state index contributed by atoms with van der Waals surface area (Å²) >= 11 is 0. The highest BCUT2D eigenvalue weighted by Crippen LogP contribution is 2.29. The molecule has 3 rings (SSSR count). The molecule has 0 bridgehead atoms. The maximum Gasteiger partial charge on any atom is 0.338 e. The Morgan fingerprint density at radius 1 is 1.06 bits per heavy atom. The Hall–Kier alpha value is -2.87. The molecule has 0 aliphatic carbocycles. The molecule has 0 saturated carbocycles. The second-order valence-electron chi connectivity index (χ2n) is 7.86. The number of urea groups is 1. The van der Waals surface area contributed by atoms with Gasteiger partial charge in [-0.3, -0.25) is 9.69 Å². The third kappa shape index (κ3) is 5.64. The summed E-state index contributed by atoms with van der Waals surface area (Å²) in [7, 11) is 0. The van der Waals surface area contributed by atoms with Gasteiger partial charge in [-0.05, 0) is 52.3 Å². The normalized spacial score (nSPS) is 20.1. The maximum absolute atomic E-state index is 12.9. The van der Waals surface area contributed by atoms with Gasteiger partial charge in [0.2, 0.25) is 0 Å². The number of piperidine rings is 1. The molecule has 168 valence electrons. The molecule has 2 amide bonds. The molecule has 2 aliphatic heterocycles. The van der Waals surface area contributed by atoms with Crippen molar-refractivity contribution in [2.45, 2.75) is 39.7 Å². The van der Waals surface area contributed by atoms with Crippen LogP contribution in [0.4, 0.5) is 4.79 Å². The van der Waals surface area contributed by atoms with Crippen LogP contribution in [0.3, 0.4) is 0 Å². The minimum Gasteiger partial charge on any atom is -0.466 e. The lowest BCUT2D eigenvalue weighted by molar-refractivity contribution is -0.149. The number of rotatable bonds is 7. The SMILES string of the molecule is CCOC(=O)C1=C(CN2CCC(C(=O)OCC)CC2)NC(=O)N[C@@H]1c1ccc(C)cc1. The predicted octanol–water partition coefficient (Wildman–Crippen LogP) is 2.44. The number of esters is 2. The van der Waals surface area contributed by atoms with Crippen molar-refractivity contribution in [3.05, 3.63) is 46.7 Å². The van der Waals surface area contributed by atoms with E-state index < -0.39 is 12.0 Å². The molecular weight excluding hydrogens is 398 g/mol. The Kier molecular flexibility index (Phi) is 7.68. The van der Waals surface area contributed by atoms with E-state index in [9.17, 15) is 14.4 Å². The molecule has 1 aromatic rings. The lowest BCUT2D eigenvalue weighted by Gasteiger charge is -2.35. The van der Waals surface area contributed by atoms with Crippen molar-refractivity contribution in [1.29, 1.82) is 0 Å². The molecule has 2 heterocycles. The highest BCUT2D eigenvalue weighted by atomic mass is 16.5. The van der Waals surface area contributed by atoms with Crippen molar-refractivity contribution in [3.63, 3.8) is 0 Å². The second kappa shape index (κ2) is 10.4. The molecular formula is C23H31N3O5. The van der Waals surface area contributed by atoms with Gasteiger partial charge in [0, 0.05) is 12.2 Å². The zero-order chi connectivity index (χ0) is 22.4. The quantitative estimate of drug-likeness (QED) is 0.647. The van der Waals surface area contributed by atoms with E-state index in [1.54, 1.807) is 13.8 Å². The molecule has 8 nitrogen and oxygen atoms in total. The van der Waals surface area contributed by atoms with E-state index in [1.165, 1.54) is 0 Å². The first-order chi connectivity index (χ1) is 14.9. The van der Waals surface area contributed by atoms with Crippen LogP contribution in [0.25, 0.3) is 0 Å². The van der Waals surface area contributed by atoms with E-state index in [-0.39, 0.29) is 24.5 Å². The first kappa shape index (κ1) is 22.8. The largest absolute Gasteiger partial charge is 0.466 e. The number of hydrogen-bond acceptors (Lipinski definition) is 6. The summed E-state index contributed by atoms with van der Waals surface area (Å²) in [6.45, 7) is 7.94. The molecule has 1 saturated heterocycles. The van der Waals surface area contributed by atoms with E-state index in [0.29, 0.717) is 50.4 Å². The smallest absolute Gasteiger partial charge is 0.338 e. The number of carbonyl (C=O) groups excluding carboxylic acids is 3. The van der Waals surface area contributed by atoms with E-state index in [1.807, 2.05) is 31.2 Å². The van der Waals surface area contributed by atoms with Gasteiger partial charge < -0.3 is 20.1 Å². The molecule has 31 heavy (non-hydrogen) atoms. The van der Waals surface area contributed by atoms with Crippen LogP contribution in [0.1, 0.15) is 43.9 Å². The summed E-state index contributed by atoms with van der Waals surface area (Å²) in [5, 5.41) is 5.67. The average molecular weight is 430 g/mol. The molecule has 1 atom stereocenters. The average Bonchev–Trinajstić information content (AvgIpc) is 2.74. The molecule has 1 fully saturated rings. The first-order valence-electron chi connectivity index (χ1n) is 10.9. The van der Waals surface area contributed by atoms with Crippen LogP contribution < -0.4 is 10.6 Å². The number of ether oxygens (including phenoxy) is 2. The summed E-state index contributed by atoms with van der Waals surface area (Å²) in [5.41, 5.74) is 2.87. The highest BCUT2D eigenvalue weighted by Gasteiger charge is 2.35. The van der Waals surface area contributed by atoms with Gasteiger partial charge in [0.1, 0.15) is 0 Å². The van der Waals surface area contributed by atoms with Crippen molar-refractivity contribution >= 4 is 18.0 Å². The van der Waals surface area contributed by atoms with Gasteiger partial charge >= 0.3 is 18.0 Å². The van der Waals surface area contributed by atoms with Gasteiger partial charge in [0.25, 0.3) is 0 Å². The van der Waals surface area contributed by atoms with Crippen molar-refractivity contribution in [1.82, 2.24) is 15.5 Å². The number of likely N-dealkylation sites (tertiary alicyclic amines) is 1. The molecule has 0 aromatic heterocycles. The topological polar surface area (TPSA) is 97.0 Å². The molecule has 8 heteroatoms. The fraction of sp³-hybridized carbons (Fsp3) is 0.522. The van der Waals surface area contributed by atoms with Gasteiger partial charge in [-0.25, -0.2) is 9.59 Å². The Bertz CT molecular complexity index is 841. The molecule has 1 aromatic carbocycles. The van der Waals surface area contributed by atoms with Crippen molar-refractivity contribution in [2.75, 3.05) is 32.8 Å². The highest BCUT2D eigenvalue weighted by molar-refractivity contribution is 5.95. The van der Waals surface area contributed by atoms with Gasteiger partial charge in [-0.15, -0.1) is 0 Å². The van der Waals surface area contributed by atoms with E-state index >= 15 is 0 Å². The molecule has 2 aliphatic rings. The van der Waals surface area contributed by atoms with Gasteiger partial charge in [0.15, 0.2) is 0 Å². The van der Waals surface area contributed by atoms with Crippen LogP contribution in [0.15, 0.2) is 35.5 Å². The van der Waals surface area contributed by atoms with Crippen molar-refractivity contribution in [2.24, 2.45) is 5.92 Å². The number of hydrogen-bond donors (Lipinski definition) is 2. The third-order valence-electron chi connectivity index (χ3n) is 5.65. The minimum atomic E-state index is -0.583. The number of nitrogens with zero attached hydrogens (tertiary/aromatic N) is 1. The number of benzene rings is 1. The second-order valence-corrected chi connectivity index (χ2v) is 7.86. The van der Waals surface area contributed by atoms with Crippen LogP contribution in [-0.4, -0.2) is 55.7 Å². The van der Waals surface area contributed by atoms with Crippen LogP contribution in [0.5, 0.6) is 0 Å². The fourth-order valence-corrected chi connectivity index (χ4v) is 4.01. The summed E-state index contributed by atoms with van der Waals surface area (Å²) < 4.78 is 10.5. The van der Waals surface area contributed by atoms with Gasteiger partial charge in [-0.2, -0.15) is 0 Å². The fourth-order valence-electron chi connectivity index (χ4n) is 4.01. The lowest BCUT2D eigenvalue weighted by atomic mass is 9.93. The molecule has 0 spiro atoms. The zero-order valence-corrected chi connectivity index (χ0v) is 18.4. The minimum absolute atomic E-state index is 0.0994. The maximum atomic E-state index is 12.9. The summed E-state index contributed by atoms with van der Waals surface area (Å²) in [6.07, 6.45) is 1.38. The van der Waals surface area contributed by atoms with E-state index in [2.05, 4.69) is 15.5 Å². The molecule has 0 unspecified atom stereocenters. The summed E-state index contributed by atoms with van der Waals surface area (Å²) in [6, 6.07) is 6.79. The Balaban J connectivity index is 1.82. The van der Waals surface area contributed by atoms with Gasteiger partial charge in [0.05, 0.1) is 30.7 Å². The number of carbonyl (C=O) groups is 3. The van der Waals surface area contributed by atoms with Crippen LogP contribution in [-0.2, 0) is 19.1 Å². The first-order valence-corrected chi connectivity index (χ1v) is 10.9. The third-order valence-corrected chi connectivity index (χ3v) is 5.65. The van der Waals surface area contributed by atoms with Gasteiger partial charge in [-0.1, -0.05) is 29.8 Å². The molecule has 2 N–H and O–H groups in total. The monoisotopic (exact) mass is 429 g/mol. The summed E-state index contributed by atoms with van der Waals surface area (Å²) in [5.74, 6) is -0.696. The zero-order valence-electron chi connectivity index (χ0n) is 18.4. The van der Waals surface area contributed by atoms with Crippen molar-refractivity contribution in [3.8, 4) is 0 Å². The molecule has 0 radical (unpaired) electrons.